The summed E-state index contributed by atoms with van der Waals surface area (Å²) in [6.07, 6.45) is 4.15. The van der Waals surface area contributed by atoms with Gasteiger partial charge in [-0.15, -0.1) is 0 Å². The Morgan fingerprint density at radius 2 is 1.74 bits per heavy atom. The summed E-state index contributed by atoms with van der Waals surface area (Å²) in [5.74, 6) is 1.66. The smallest absolute Gasteiger partial charge is 0.161 e. The number of hydrogen-bond acceptors (Lipinski definition) is 6. The Morgan fingerprint density at radius 1 is 0.968 bits per heavy atom. The standard InChI is InChI=1S/C23H28N8/c1-29-11-9-17(10-12-29)25-20-13-21(27-23-18(20)15-24-31(23)3)26-22-14-19(28-30(22)2)16-7-5-4-6-8-16/h4-8,13-15,17H,9-12H2,1-3H3,(H2,25,26,27). The normalized spacial score (nSPS) is 15.5. The molecule has 1 aliphatic rings. The third-order valence-corrected chi connectivity index (χ3v) is 5.99. The van der Waals surface area contributed by atoms with E-state index in [-0.39, 0.29) is 0 Å². The first-order chi connectivity index (χ1) is 15.1. The van der Waals surface area contributed by atoms with Crippen LogP contribution in [0.4, 0.5) is 17.3 Å². The number of anilines is 3. The van der Waals surface area contributed by atoms with E-state index in [1.807, 2.05) is 47.9 Å². The van der Waals surface area contributed by atoms with E-state index in [1.165, 1.54) is 0 Å². The van der Waals surface area contributed by atoms with E-state index >= 15 is 0 Å². The zero-order chi connectivity index (χ0) is 21.4. The van der Waals surface area contributed by atoms with E-state index in [2.05, 4.69) is 57.0 Å². The third kappa shape index (κ3) is 3.98. The second-order valence-electron chi connectivity index (χ2n) is 8.31. The fourth-order valence-electron chi connectivity index (χ4n) is 4.14. The number of hydrogen-bond donors (Lipinski definition) is 2. The Labute approximate surface area is 181 Å². The van der Waals surface area contributed by atoms with Crippen LogP contribution in [-0.4, -0.2) is 55.6 Å². The fourth-order valence-corrected chi connectivity index (χ4v) is 4.14. The van der Waals surface area contributed by atoms with Crippen molar-refractivity contribution in [2.24, 2.45) is 14.1 Å². The minimum atomic E-state index is 0.455. The van der Waals surface area contributed by atoms with Crippen LogP contribution in [0.1, 0.15) is 12.8 Å². The van der Waals surface area contributed by atoms with Gasteiger partial charge in [-0.25, -0.2) is 4.98 Å². The van der Waals surface area contributed by atoms with E-state index in [9.17, 15) is 0 Å². The molecule has 0 unspecified atom stereocenters. The van der Waals surface area contributed by atoms with Crippen LogP contribution < -0.4 is 10.6 Å². The number of benzene rings is 1. The number of nitrogens with one attached hydrogen (secondary N) is 2. The summed E-state index contributed by atoms with van der Waals surface area (Å²) in [7, 11) is 6.05. The molecule has 4 heterocycles. The van der Waals surface area contributed by atoms with E-state index in [0.717, 1.165) is 65.5 Å². The zero-order valence-corrected chi connectivity index (χ0v) is 18.2. The average molecular weight is 417 g/mol. The Balaban J connectivity index is 1.45. The van der Waals surface area contributed by atoms with Crippen LogP contribution in [0.15, 0.2) is 48.7 Å². The Hall–Kier alpha value is -3.39. The van der Waals surface area contributed by atoms with Gasteiger partial charge in [-0.1, -0.05) is 30.3 Å². The van der Waals surface area contributed by atoms with Gasteiger partial charge in [0.25, 0.3) is 0 Å². The first-order valence-electron chi connectivity index (χ1n) is 10.7. The molecule has 0 atom stereocenters. The van der Waals surface area contributed by atoms with Gasteiger partial charge in [0.15, 0.2) is 5.65 Å². The van der Waals surface area contributed by atoms with Crippen molar-refractivity contribution >= 4 is 28.4 Å². The molecule has 5 rings (SSSR count). The van der Waals surface area contributed by atoms with Gasteiger partial charge in [0.1, 0.15) is 11.6 Å². The number of pyridine rings is 1. The van der Waals surface area contributed by atoms with Crippen molar-refractivity contribution in [3.05, 3.63) is 48.7 Å². The van der Waals surface area contributed by atoms with Crippen molar-refractivity contribution in [3.63, 3.8) is 0 Å². The number of aryl methyl sites for hydroxylation is 2. The molecular formula is C23H28N8. The molecule has 3 aromatic heterocycles. The lowest BCUT2D eigenvalue weighted by atomic mass is 10.0. The summed E-state index contributed by atoms with van der Waals surface area (Å²) in [5, 5.41) is 17.3. The van der Waals surface area contributed by atoms with E-state index in [0.29, 0.717) is 6.04 Å². The van der Waals surface area contributed by atoms with Crippen molar-refractivity contribution in [1.29, 1.82) is 0 Å². The molecule has 1 aromatic carbocycles. The maximum atomic E-state index is 4.82. The van der Waals surface area contributed by atoms with Gasteiger partial charge in [0.2, 0.25) is 0 Å². The van der Waals surface area contributed by atoms with E-state index < -0.39 is 0 Å². The highest BCUT2D eigenvalue weighted by Crippen LogP contribution is 2.29. The molecule has 8 nitrogen and oxygen atoms in total. The first-order valence-corrected chi connectivity index (χ1v) is 10.7. The summed E-state index contributed by atoms with van der Waals surface area (Å²) >= 11 is 0. The topological polar surface area (TPSA) is 75.8 Å². The van der Waals surface area contributed by atoms with E-state index in [4.69, 9.17) is 4.98 Å². The third-order valence-electron chi connectivity index (χ3n) is 5.99. The van der Waals surface area contributed by atoms with Gasteiger partial charge in [-0.2, -0.15) is 10.2 Å². The first kappa shape index (κ1) is 19.6. The maximum absolute atomic E-state index is 4.82. The van der Waals surface area contributed by atoms with Crippen molar-refractivity contribution in [1.82, 2.24) is 29.4 Å². The molecule has 0 radical (unpaired) electrons. The predicted octanol–water partition coefficient (Wildman–Crippen LogP) is 3.62. The predicted molar refractivity (Wildman–Crippen MR) is 125 cm³/mol. The number of fused-ring (bicyclic) bond motifs is 1. The number of aromatic nitrogens is 5. The lowest BCUT2D eigenvalue weighted by Crippen LogP contribution is -2.36. The molecule has 160 valence electrons. The van der Waals surface area contributed by atoms with Gasteiger partial charge >= 0.3 is 0 Å². The molecule has 0 bridgehead atoms. The Kier molecular flexibility index (Phi) is 5.07. The van der Waals surface area contributed by atoms with Crippen molar-refractivity contribution in [2.75, 3.05) is 30.8 Å². The Bertz CT molecular complexity index is 1190. The summed E-state index contributed by atoms with van der Waals surface area (Å²) in [4.78, 5) is 7.20. The Morgan fingerprint density at radius 3 is 2.52 bits per heavy atom. The number of rotatable bonds is 5. The van der Waals surface area contributed by atoms with Crippen LogP contribution in [0.25, 0.3) is 22.3 Å². The fraction of sp³-hybridized carbons (Fsp3) is 0.348. The maximum Gasteiger partial charge on any atom is 0.161 e. The van der Waals surface area contributed by atoms with Crippen molar-refractivity contribution < 1.29 is 0 Å². The van der Waals surface area contributed by atoms with Crippen LogP contribution in [0.5, 0.6) is 0 Å². The van der Waals surface area contributed by atoms with Crippen molar-refractivity contribution in [2.45, 2.75) is 18.9 Å². The quantitative estimate of drug-likeness (QED) is 0.518. The molecule has 1 fully saturated rings. The highest BCUT2D eigenvalue weighted by molar-refractivity contribution is 5.91. The van der Waals surface area contributed by atoms with E-state index in [1.54, 1.807) is 0 Å². The molecule has 1 saturated heterocycles. The molecule has 0 aliphatic carbocycles. The minimum absolute atomic E-state index is 0.455. The second kappa shape index (κ2) is 8.03. The zero-order valence-electron chi connectivity index (χ0n) is 18.2. The number of likely N-dealkylation sites (tertiary alicyclic amines) is 1. The highest BCUT2D eigenvalue weighted by atomic mass is 15.3. The van der Waals surface area contributed by atoms with Gasteiger partial charge < -0.3 is 15.5 Å². The monoisotopic (exact) mass is 416 g/mol. The van der Waals surface area contributed by atoms with Crippen LogP contribution in [0.2, 0.25) is 0 Å². The molecule has 31 heavy (non-hydrogen) atoms. The minimum Gasteiger partial charge on any atom is -0.381 e. The summed E-state index contributed by atoms with van der Waals surface area (Å²) in [5.41, 5.74) is 3.94. The molecule has 2 N–H and O–H groups in total. The van der Waals surface area contributed by atoms with Gasteiger partial charge in [-0.3, -0.25) is 9.36 Å². The summed E-state index contributed by atoms with van der Waals surface area (Å²) in [6, 6.07) is 14.8. The van der Waals surface area contributed by atoms with Crippen LogP contribution in [-0.2, 0) is 14.1 Å². The van der Waals surface area contributed by atoms with Crippen LogP contribution in [0.3, 0.4) is 0 Å². The van der Waals surface area contributed by atoms with Crippen molar-refractivity contribution in [3.8, 4) is 11.3 Å². The molecule has 1 aliphatic heterocycles. The second-order valence-corrected chi connectivity index (χ2v) is 8.31. The lowest BCUT2D eigenvalue weighted by Gasteiger charge is -2.30. The van der Waals surface area contributed by atoms with Gasteiger partial charge in [0.05, 0.1) is 23.0 Å². The molecule has 4 aromatic rings. The molecular weight excluding hydrogens is 388 g/mol. The largest absolute Gasteiger partial charge is 0.381 e. The molecule has 0 saturated carbocycles. The summed E-state index contributed by atoms with van der Waals surface area (Å²) in [6.45, 7) is 2.22. The molecule has 0 spiro atoms. The number of nitrogens with zero attached hydrogens (tertiary/aromatic N) is 6. The SMILES string of the molecule is CN1CCC(Nc2cc(Nc3cc(-c4ccccc4)nn3C)nc3c2cnn3C)CC1. The van der Waals surface area contributed by atoms with Crippen LogP contribution in [0, 0.1) is 0 Å². The molecule has 0 amide bonds. The van der Waals surface area contributed by atoms with Gasteiger partial charge in [-0.05, 0) is 33.0 Å². The lowest BCUT2D eigenvalue weighted by molar-refractivity contribution is 0.264. The van der Waals surface area contributed by atoms with Gasteiger partial charge in [0, 0.05) is 37.8 Å². The summed E-state index contributed by atoms with van der Waals surface area (Å²) < 4.78 is 3.67. The molecule has 8 heteroatoms. The highest BCUT2D eigenvalue weighted by Gasteiger charge is 2.19. The average Bonchev–Trinajstić information content (AvgIpc) is 3.33. The number of piperidine rings is 1. The van der Waals surface area contributed by atoms with Crippen LogP contribution >= 0.6 is 0 Å².